The third kappa shape index (κ3) is 2.76. The summed E-state index contributed by atoms with van der Waals surface area (Å²) in [5.74, 6) is -1.09. The zero-order valence-corrected chi connectivity index (χ0v) is 12.4. The van der Waals surface area contributed by atoms with Gasteiger partial charge in [0.15, 0.2) is 0 Å². The molecule has 0 unspecified atom stereocenters. The Morgan fingerprint density at radius 2 is 1.85 bits per heavy atom. The molecule has 0 spiro atoms. The molecule has 1 aliphatic rings. The second-order valence-corrected chi connectivity index (χ2v) is 5.88. The van der Waals surface area contributed by atoms with E-state index < -0.39 is 11.6 Å². The first-order chi connectivity index (χ1) is 9.66. The van der Waals surface area contributed by atoms with Gasteiger partial charge in [0.05, 0.1) is 10.0 Å². The first kappa shape index (κ1) is 13.7. The van der Waals surface area contributed by atoms with E-state index >= 15 is 0 Å². The van der Waals surface area contributed by atoms with E-state index in [0.717, 1.165) is 5.56 Å². The third-order valence-electron chi connectivity index (χ3n) is 3.49. The Bertz CT molecular complexity index is 638. The largest absolute Gasteiger partial charge is 0.310 e. The molecule has 3 rings (SSSR count). The highest BCUT2D eigenvalue weighted by molar-refractivity contribution is 9.10. The molecule has 2 aromatic carbocycles. The van der Waals surface area contributed by atoms with Crippen LogP contribution >= 0.6 is 15.9 Å². The van der Waals surface area contributed by atoms with Gasteiger partial charge in [-0.05, 0) is 52.0 Å². The average Bonchev–Trinajstić information content (AvgIpc) is 3.26. The molecule has 1 N–H and O–H groups in total. The molecule has 1 aliphatic carbocycles. The summed E-state index contributed by atoms with van der Waals surface area (Å²) in [6.45, 7) is 0.631. The Morgan fingerprint density at radius 1 is 1.10 bits per heavy atom. The molecular formula is C16H14BrF2N. The van der Waals surface area contributed by atoms with E-state index in [1.165, 1.54) is 25.0 Å². The van der Waals surface area contributed by atoms with Crippen LogP contribution in [0.1, 0.15) is 18.4 Å². The zero-order chi connectivity index (χ0) is 14.1. The number of nitrogens with one attached hydrogen (secondary N) is 1. The molecule has 4 heteroatoms. The minimum atomic E-state index is -0.552. The van der Waals surface area contributed by atoms with E-state index in [1.807, 2.05) is 12.1 Å². The van der Waals surface area contributed by atoms with Crippen molar-refractivity contribution in [2.75, 3.05) is 0 Å². The van der Waals surface area contributed by atoms with Crippen molar-refractivity contribution in [2.45, 2.75) is 25.4 Å². The summed E-state index contributed by atoms with van der Waals surface area (Å²) < 4.78 is 28.5. The number of rotatable bonds is 4. The van der Waals surface area contributed by atoms with Crippen LogP contribution in [-0.4, -0.2) is 6.04 Å². The normalized spacial score (nSPS) is 14.6. The molecule has 2 aromatic rings. The van der Waals surface area contributed by atoms with Crippen molar-refractivity contribution in [1.29, 1.82) is 0 Å². The monoisotopic (exact) mass is 337 g/mol. The average molecular weight is 338 g/mol. The van der Waals surface area contributed by atoms with Gasteiger partial charge in [-0.25, -0.2) is 8.78 Å². The van der Waals surface area contributed by atoms with Crippen molar-refractivity contribution in [1.82, 2.24) is 5.32 Å². The van der Waals surface area contributed by atoms with Crippen molar-refractivity contribution in [3.63, 3.8) is 0 Å². The van der Waals surface area contributed by atoms with Gasteiger partial charge >= 0.3 is 0 Å². The van der Waals surface area contributed by atoms with Crippen LogP contribution in [-0.2, 0) is 6.54 Å². The molecule has 0 atom stereocenters. The van der Waals surface area contributed by atoms with Crippen molar-refractivity contribution in [3.05, 3.63) is 58.1 Å². The van der Waals surface area contributed by atoms with Crippen molar-refractivity contribution >= 4 is 15.9 Å². The van der Waals surface area contributed by atoms with Gasteiger partial charge in [-0.1, -0.05) is 24.3 Å². The predicted octanol–water partition coefficient (Wildman–Crippen LogP) is 4.65. The number of hydrogen-bond acceptors (Lipinski definition) is 1. The van der Waals surface area contributed by atoms with E-state index in [-0.39, 0.29) is 10.0 Å². The molecule has 1 fully saturated rings. The van der Waals surface area contributed by atoms with Gasteiger partial charge < -0.3 is 5.32 Å². The van der Waals surface area contributed by atoms with Crippen molar-refractivity contribution in [3.8, 4) is 11.1 Å². The fraction of sp³-hybridized carbons (Fsp3) is 0.250. The summed E-state index contributed by atoms with van der Waals surface area (Å²) in [5, 5.41) is 3.38. The Morgan fingerprint density at radius 3 is 2.60 bits per heavy atom. The predicted molar refractivity (Wildman–Crippen MR) is 79.4 cm³/mol. The van der Waals surface area contributed by atoms with Crippen LogP contribution in [0.3, 0.4) is 0 Å². The van der Waals surface area contributed by atoms with Crippen LogP contribution < -0.4 is 5.32 Å². The zero-order valence-electron chi connectivity index (χ0n) is 10.8. The smallest absolute Gasteiger partial charge is 0.148 e. The highest BCUT2D eigenvalue weighted by Crippen LogP contribution is 2.33. The molecule has 20 heavy (non-hydrogen) atoms. The molecule has 1 nitrogen and oxygen atoms in total. The molecule has 0 amide bonds. The van der Waals surface area contributed by atoms with Crippen LogP contribution in [0.2, 0.25) is 0 Å². The van der Waals surface area contributed by atoms with Gasteiger partial charge in [-0.2, -0.15) is 0 Å². The lowest BCUT2D eigenvalue weighted by atomic mass is 9.98. The topological polar surface area (TPSA) is 12.0 Å². The van der Waals surface area contributed by atoms with Gasteiger partial charge in [0.2, 0.25) is 0 Å². The quantitative estimate of drug-likeness (QED) is 0.801. The minimum Gasteiger partial charge on any atom is -0.310 e. The maximum atomic E-state index is 14.2. The first-order valence-corrected chi connectivity index (χ1v) is 7.41. The lowest BCUT2D eigenvalue weighted by Crippen LogP contribution is -2.16. The maximum Gasteiger partial charge on any atom is 0.148 e. The van der Waals surface area contributed by atoms with Crippen LogP contribution in [0.5, 0.6) is 0 Å². The Labute approximate surface area is 125 Å². The van der Waals surface area contributed by atoms with Crippen LogP contribution in [0.25, 0.3) is 11.1 Å². The fourth-order valence-corrected chi connectivity index (χ4v) is 2.56. The Kier molecular flexibility index (Phi) is 3.85. The number of benzene rings is 2. The van der Waals surface area contributed by atoms with Gasteiger partial charge in [-0.15, -0.1) is 0 Å². The maximum absolute atomic E-state index is 14.2. The summed E-state index contributed by atoms with van der Waals surface area (Å²) in [6.07, 6.45) is 2.36. The molecule has 1 saturated carbocycles. The summed E-state index contributed by atoms with van der Waals surface area (Å²) in [5.41, 5.74) is 1.56. The van der Waals surface area contributed by atoms with Crippen LogP contribution in [0.4, 0.5) is 8.78 Å². The van der Waals surface area contributed by atoms with Crippen molar-refractivity contribution in [2.24, 2.45) is 0 Å². The minimum absolute atomic E-state index is 0.0348. The first-order valence-electron chi connectivity index (χ1n) is 6.62. The molecule has 0 radical (unpaired) electrons. The molecule has 104 valence electrons. The number of hydrogen-bond donors (Lipinski definition) is 1. The SMILES string of the molecule is Fc1ccc(Br)c(F)c1-c1ccccc1CNC1CC1. The van der Waals surface area contributed by atoms with Gasteiger partial charge in [0, 0.05) is 12.6 Å². The molecule has 0 heterocycles. The summed E-state index contributed by atoms with van der Waals surface area (Å²) in [4.78, 5) is 0. The van der Waals surface area contributed by atoms with E-state index in [9.17, 15) is 8.78 Å². The molecular weight excluding hydrogens is 324 g/mol. The van der Waals surface area contributed by atoms with E-state index in [1.54, 1.807) is 12.1 Å². The fourth-order valence-electron chi connectivity index (χ4n) is 2.23. The Hall–Kier alpha value is -1.26. The lowest BCUT2D eigenvalue weighted by molar-refractivity contribution is 0.584. The van der Waals surface area contributed by atoms with E-state index in [0.29, 0.717) is 18.2 Å². The Balaban J connectivity index is 2.02. The molecule has 0 bridgehead atoms. The van der Waals surface area contributed by atoms with Gasteiger partial charge in [0.1, 0.15) is 11.6 Å². The standard InChI is InChI=1S/C16H14BrF2N/c17-13-7-8-14(18)15(16(13)19)12-4-2-1-3-10(12)9-20-11-5-6-11/h1-4,7-8,11,20H,5-6,9H2. The highest BCUT2D eigenvalue weighted by Gasteiger charge is 2.22. The lowest BCUT2D eigenvalue weighted by Gasteiger charge is -2.13. The van der Waals surface area contributed by atoms with Gasteiger partial charge in [-0.3, -0.25) is 0 Å². The van der Waals surface area contributed by atoms with E-state index in [2.05, 4.69) is 21.2 Å². The second kappa shape index (κ2) is 5.62. The summed E-state index contributed by atoms with van der Waals surface area (Å²) >= 11 is 3.12. The summed E-state index contributed by atoms with van der Waals surface area (Å²) in [7, 11) is 0. The van der Waals surface area contributed by atoms with Crippen LogP contribution in [0, 0.1) is 11.6 Å². The number of halogens is 3. The molecule has 0 saturated heterocycles. The van der Waals surface area contributed by atoms with Gasteiger partial charge in [0.25, 0.3) is 0 Å². The summed E-state index contributed by atoms with van der Waals surface area (Å²) in [6, 6.07) is 10.6. The second-order valence-electron chi connectivity index (χ2n) is 5.03. The highest BCUT2D eigenvalue weighted by atomic mass is 79.9. The third-order valence-corrected chi connectivity index (χ3v) is 4.10. The van der Waals surface area contributed by atoms with Crippen LogP contribution in [0.15, 0.2) is 40.9 Å². The van der Waals surface area contributed by atoms with E-state index in [4.69, 9.17) is 0 Å². The molecule has 0 aliphatic heterocycles. The van der Waals surface area contributed by atoms with Crippen molar-refractivity contribution < 1.29 is 8.78 Å². The molecule has 0 aromatic heterocycles.